The standard InChI is InChI=1S/C18H22N4O2/c1-11-6-14(10-20)22(18(11,2)3)17(24)5-4-16(23)21-13(9-19)7-12-8-15(12)21/h4-5,11-15H,6-8H2,1-3H3/b5-4+/t11-,12+,13-,14-,15-/m0/s1. The fourth-order valence-corrected chi connectivity index (χ4v) is 4.11. The third-order valence-corrected chi connectivity index (χ3v) is 5.98. The minimum atomic E-state index is -0.464. The van der Waals surface area contributed by atoms with Gasteiger partial charge in [0.05, 0.1) is 12.1 Å². The molecule has 2 heterocycles. The molecule has 24 heavy (non-hydrogen) atoms. The summed E-state index contributed by atoms with van der Waals surface area (Å²) in [5.74, 6) is 0.0655. The quantitative estimate of drug-likeness (QED) is 0.721. The summed E-state index contributed by atoms with van der Waals surface area (Å²) in [6.45, 7) is 5.93. The fraction of sp³-hybridized carbons (Fsp3) is 0.667. The van der Waals surface area contributed by atoms with Gasteiger partial charge in [0.25, 0.3) is 0 Å². The molecule has 0 unspecified atom stereocenters. The van der Waals surface area contributed by atoms with Crippen molar-refractivity contribution in [1.29, 1.82) is 10.5 Å². The molecule has 126 valence electrons. The molecule has 5 atom stereocenters. The van der Waals surface area contributed by atoms with Crippen LogP contribution in [0.4, 0.5) is 0 Å². The number of hydrogen-bond donors (Lipinski definition) is 0. The topological polar surface area (TPSA) is 88.2 Å². The van der Waals surface area contributed by atoms with Crippen LogP contribution in [0.3, 0.4) is 0 Å². The molecule has 3 aliphatic rings. The second-order valence-corrected chi connectivity index (χ2v) is 7.67. The number of hydrogen-bond acceptors (Lipinski definition) is 4. The van der Waals surface area contributed by atoms with Gasteiger partial charge in [0.1, 0.15) is 12.1 Å². The number of amides is 2. The van der Waals surface area contributed by atoms with Gasteiger partial charge in [0.2, 0.25) is 11.8 Å². The summed E-state index contributed by atoms with van der Waals surface area (Å²) in [5, 5.41) is 18.5. The minimum absolute atomic E-state index is 0.164. The van der Waals surface area contributed by atoms with Crippen molar-refractivity contribution in [1.82, 2.24) is 9.80 Å². The van der Waals surface area contributed by atoms with Crippen LogP contribution in [0.2, 0.25) is 0 Å². The Kier molecular flexibility index (Phi) is 3.87. The maximum atomic E-state index is 12.6. The molecule has 0 N–H and O–H groups in total. The van der Waals surface area contributed by atoms with Crippen molar-refractivity contribution in [2.24, 2.45) is 11.8 Å². The highest BCUT2D eigenvalue weighted by Crippen LogP contribution is 2.47. The molecule has 0 bridgehead atoms. The van der Waals surface area contributed by atoms with Gasteiger partial charge in [-0.2, -0.15) is 10.5 Å². The first-order chi connectivity index (χ1) is 11.3. The predicted octanol–water partition coefficient (Wildman–Crippen LogP) is 1.59. The van der Waals surface area contributed by atoms with Gasteiger partial charge < -0.3 is 9.80 Å². The Labute approximate surface area is 142 Å². The zero-order chi connectivity index (χ0) is 17.6. The molecular formula is C18H22N4O2. The van der Waals surface area contributed by atoms with Gasteiger partial charge >= 0.3 is 0 Å². The summed E-state index contributed by atoms with van der Waals surface area (Å²) >= 11 is 0. The van der Waals surface area contributed by atoms with Crippen molar-refractivity contribution >= 4 is 11.8 Å². The van der Waals surface area contributed by atoms with Gasteiger partial charge in [-0.15, -0.1) is 0 Å². The van der Waals surface area contributed by atoms with Gasteiger partial charge in [-0.05, 0) is 44.9 Å². The Bertz CT molecular complexity index is 684. The Morgan fingerprint density at radius 3 is 2.29 bits per heavy atom. The molecule has 0 aromatic carbocycles. The van der Waals surface area contributed by atoms with E-state index in [4.69, 9.17) is 5.26 Å². The van der Waals surface area contributed by atoms with Crippen molar-refractivity contribution in [3.05, 3.63) is 12.2 Å². The first-order valence-electron chi connectivity index (χ1n) is 8.44. The number of piperidine rings is 1. The molecule has 2 saturated heterocycles. The lowest BCUT2D eigenvalue weighted by Crippen LogP contribution is -2.48. The fourth-order valence-electron chi connectivity index (χ4n) is 4.11. The van der Waals surface area contributed by atoms with Crippen LogP contribution in [-0.2, 0) is 9.59 Å². The zero-order valence-corrected chi connectivity index (χ0v) is 14.3. The van der Waals surface area contributed by atoms with Crippen molar-refractivity contribution in [2.75, 3.05) is 0 Å². The van der Waals surface area contributed by atoms with Gasteiger partial charge in [-0.3, -0.25) is 9.59 Å². The smallest absolute Gasteiger partial charge is 0.248 e. The predicted molar refractivity (Wildman–Crippen MR) is 86.0 cm³/mol. The second-order valence-electron chi connectivity index (χ2n) is 7.67. The summed E-state index contributed by atoms with van der Waals surface area (Å²) < 4.78 is 0. The molecule has 0 aromatic heterocycles. The normalized spacial score (nSPS) is 36.3. The lowest BCUT2D eigenvalue weighted by molar-refractivity contribution is -0.132. The molecule has 1 aliphatic carbocycles. The number of nitriles is 2. The molecule has 0 aromatic rings. The first kappa shape index (κ1) is 16.5. The van der Waals surface area contributed by atoms with Crippen LogP contribution >= 0.6 is 0 Å². The van der Waals surface area contributed by atoms with Gasteiger partial charge in [0.15, 0.2) is 0 Å². The van der Waals surface area contributed by atoms with Gasteiger partial charge in [-0.1, -0.05) is 6.92 Å². The minimum Gasteiger partial charge on any atom is -0.320 e. The van der Waals surface area contributed by atoms with Gasteiger partial charge in [-0.25, -0.2) is 0 Å². The zero-order valence-electron chi connectivity index (χ0n) is 14.3. The summed E-state index contributed by atoms with van der Waals surface area (Å²) in [7, 11) is 0. The molecule has 3 rings (SSSR count). The third kappa shape index (κ3) is 2.47. The summed E-state index contributed by atoms with van der Waals surface area (Å²) in [6, 6.07) is 3.67. The van der Waals surface area contributed by atoms with Crippen LogP contribution < -0.4 is 0 Å². The highest BCUT2D eigenvalue weighted by molar-refractivity contribution is 5.98. The summed E-state index contributed by atoms with van der Waals surface area (Å²) in [4.78, 5) is 28.2. The number of carbonyl (C=O) groups is 2. The molecule has 0 radical (unpaired) electrons. The van der Waals surface area contributed by atoms with E-state index in [0.717, 1.165) is 12.8 Å². The number of carbonyl (C=O) groups excluding carboxylic acids is 2. The highest BCUT2D eigenvalue weighted by Gasteiger charge is 2.53. The van der Waals surface area contributed by atoms with Crippen LogP contribution in [0, 0.1) is 34.5 Å². The van der Waals surface area contributed by atoms with Crippen LogP contribution in [-0.4, -0.2) is 45.3 Å². The van der Waals surface area contributed by atoms with Gasteiger partial charge in [0, 0.05) is 23.7 Å². The molecule has 0 spiro atoms. The van der Waals surface area contributed by atoms with Crippen molar-refractivity contribution in [2.45, 2.75) is 63.7 Å². The lowest BCUT2D eigenvalue weighted by atomic mass is 9.90. The highest BCUT2D eigenvalue weighted by atomic mass is 16.2. The Morgan fingerprint density at radius 2 is 1.67 bits per heavy atom. The van der Waals surface area contributed by atoms with E-state index in [2.05, 4.69) is 12.1 Å². The van der Waals surface area contributed by atoms with E-state index in [-0.39, 0.29) is 29.8 Å². The number of fused-ring (bicyclic) bond motifs is 1. The molecule has 1 saturated carbocycles. The van der Waals surface area contributed by atoms with Crippen molar-refractivity contribution in [3.63, 3.8) is 0 Å². The molecule has 2 aliphatic heterocycles. The molecule has 3 fully saturated rings. The van der Waals surface area contributed by atoms with Crippen molar-refractivity contribution < 1.29 is 9.59 Å². The molecular weight excluding hydrogens is 304 g/mol. The van der Waals surface area contributed by atoms with E-state index < -0.39 is 11.6 Å². The Balaban J connectivity index is 1.72. The largest absolute Gasteiger partial charge is 0.320 e. The summed E-state index contributed by atoms with van der Waals surface area (Å²) in [6.07, 6.45) is 4.86. The van der Waals surface area contributed by atoms with Crippen molar-refractivity contribution in [3.8, 4) is 12.1 Å². The van der Waals surface area contributed by atoms with E-state index in [1.807, 2.05) is 20.8 Å². The maximum absolute atomic E-state index is 12.6. The number of nitrogens with zero attached hydrogens (tertiary/aromatic N) is 4. The molecule has 2 amide bonds. The van der Waals surface area contributed by atoms with E-state index in [9.17, 15) is 14.9 Å². The Morgan fingerprint density at radius 1 is 1.04 bits per heavy atom. The van der Waals surface area contributed by atoms with E-state index in [0.29, 0.717) is 12.3 Å². The third-order valence-electron chi connectivity index (χ3n) is 5.98. The number of rotatable bonds is 2. The monoisotopic (exact) mass is 326 g/mol. The molecule has 6 nitrogen and oxygen atoms in total. The molecule has 6 heteroatoms. The Hall–Kier alpha value is -2.34. The maximum Gasteiger partial charge on any atom is 0.248 e. The average molecular weight is 326 g/mol. The van der Waals surface area contributed by atoms with E-state index >= 15 is 0 Å². The lowest BCUT2D eigenvalue weighted by Gasteiger charge is -2.35. The SMILES string of the molecule is C[C@H]1C[C@@H](C#N)N(C(=O)/C=C/C(=O)N2[C@H](C#N)C[C@@H]3C[C@@H]32)C1(C)C. The summed E-state index contributed by atoms with van der Waals surface area (Å²) in [5.41, 5.74) is -0.421. The average Bonchev–Trinajstić information content (AvgIpc) is 3.13. The van der Waals surface area contributed by atoms with Crippen LogP contribution in [0.25, 0.3) is 0 Å². The van der Waals surface area contributed by atoms with Crippen LogP contribution in [0.1, 0.15) is 40.0 Å². The van der Waals surface area contributed by atoms with Crippen LogP contribution in [0.5, 0.6) is 0 Å². The first-order valence-corrected chi connectivity index (χ1v) is 8.44. The second kappa shape index (κ2) is 5.63. The van der Waals surface area contributed by atoms with E-state index in [1.54, 1.807) is 9.80 Å². The number of likely N-dealkylation sites (tertiary alicyclic amines) is 2. The van der Waals surface area contributed by atoms with Crippen LogP contribution in [0.15, 0.2) is 12.2 Å². The van der Waals surface area contributed by atoms with E-state index in [1.165, 1.54) is 12.2 Å².